The molecule has 0 spiro atoms. The van der Waals surface area contributed by atoms with Gasteiger partial charge in [0.05, 0.1) is 11.6 Å². The minimum absolute atomic E-state index is 0.124. The van der Waals surface area contributed by atoms with E-state index in [-0.39, 0.29) is 29.7 Å². The highest BCUT2D eigenvalue weighted by Crippen LogP contribution is 2.15. The molecule has 4 aromatic rings. The minimum atomic E-state index is -0.374. The maximum Gasteiger partial charge on any atom is 0.297 e. The molecular weight excluding hydrogens is 368 g/mol. The summed E-state index contributed by atoms with van der Waals surface area (Å²) in [5.41, 5.74) is 3.14. The van der Waals surface area contributed by atoms with Gasteiger partial charge in [0.15, 0.2) is 5.65 Å². The second-order valence-corrected chi connectivity index (χ2v) is 7.03. The molecule has 4 rings (SSSR count). The third-order valence-electron chi connectivity index (χ3n) is 5.10. The Morgan fingerprint density at radius 1 is 1.14 bits per heavy atom. The maximum atomic E-state index is 12.9. The average molecular weight is 390 g/mol. The van der Waals surface area contributed by atoms with Gasteiger partial charge < -0.3 is 5.32 Å². The lowest BCUT2D eigenvalue weighted by Gasteiger charge is -2.16. The Labute approximate surface area is 167 Å². The van der Waals surface area contributed by atoms with Crippen LogP contribution < -0.4 is 10.9 Å². The predicted octanol–water partition coefficient (Wildman–Crippen LogP) is 2.19. The number of benzene rings is 1. The molecule has 3 aromatic heterocycles. The summed E-state index contributed by atoms with van der Waals surface area (Å²) in [5.74, 6) is 0.312. The van der Waals surface area contributed by atoms with E-state index in [0.29, 0.717) is 17.0 Å². The first-order valence-electron chi connectivity index (χ1n) is 9.57. The van der Waals surface area contributed by atoms with Crippen molar-refractivity contribution in [1.82, 2.24) is 29.5 Å². The molecule has 0 saturated heterocycles. The Bertz CT molecular complexity index is 1260. The van der Waals surface area contributed by atoms with Gasteiger partial charge in [-0.25, -0.2) is 4.98 Å². The zero-order valence-corrected chi connectivity index (χ0v) is 16.6. The average Bonchev–Trinajstić information content (AvgIpc) is 3.13. The minimum Gasteiger partial charge on any atom is -0.348 e. The number of amides is 1. The first kappa shape index (κ1) is 18.8. The molecule has 0 radical (unpaired) electrons. The monoisotopic (exact) mass is 390 g/mol. The zero-order valence-electron chi connectivity index (χ0n) is 16.6. The lowest BCUT2D eigenvalue weighted by Crippen LogP contribution is -2.34. The molecule has 0 aliphatic heterocycles. The number of aromatic nitrogens is 5. The van der Waals surface area contributed by atoms with Crippen molar-refractivity contribution in [2.45, 2.75) is 39.8 Å². The molecule has 0 fully saturated rings. The molecule has 1 aromatic carbocycles. The highest BCUT2D eigenvalue weighted by Gasteiger charge is 2.18. The van der Waals surface area contributed by atoms with Gasteiger partial charge in [-0.05, 0) is 43.5 Å². The van der Waals surface area contributed by atoms with E-state index >= 15 is 0 Å². The summed E-state index contributed by atoms with van der Waals surface area (Å²) in [6.07, 6.45) is 2.60. The number of carbonyl (C=O) groups is 1. The van der Waals surface area contributed by atoms with Crippen LogP contribution in [0.5, 0.6) is 0 Å². The van der Waals surface area contributed by atoms with Crippen molar-refractivity contribution >= 4 is 22.7 Å². The highest BCUT2D eigenvalue weighted by atomic mass is 16.2. The van der Waals surface area contributed by atoms with E-state index in [1.54, 1.807) is 29.7 Å². The topological polar surface area (TPSA) is 94.2 Å². The highest BCUT2D eigenvalue weighted by molar-refractivity contribution is 5.80. The quantitative estimate of drug-likeness (QED) is 0.564. The first-order chi connectivity index (χ1) is 14.0. The number of rotatable bonds is 5. The summed E-state index contributed by atoms with van der Waals surface area (Å²) < 4.78 is 3.01. The van der Waals surface area contributed by atoms with Crippen LogP contribution in [0.15, 0.2) is 47.4 Å². The standard InChI is InChI=1S/C21H22N6O2/c1-4-15-7-9-16(10-8-15)13(2)23-18(28)12-26-17-6-5-11-22-19(17)27-14(3)24-25-20(27)21(26)29/h5-11,13H,4,12H2,1-3H3,(H,23,28)/t13-/m1/s1. The molecule has 1 amide bonds. The van der Waals surface area contributed by atoms with Crippen molar-refractivity contribution < 1.29 is 4.79 Å². The van der Waals surface area contributed by atoms with Crippen LogP contribution in [-0.2, 0) is 17.8 Å². The Morgan fingerprint density at radius 3 is 2.62 bits per heavy atom. The van der Waals surface area contributed by atoms with Crippen LogP contribution >= 0.6 is 0 Å². The molecule has 29 heavy (non-hydrogen) atoms. The van der Waals surface area contributed by atoms with Crippen LogP contribution in [0.4, 0.5) is 0 Å². The van der Waals surface area contributed by atoms with Crippen molar-refractivity contribution in [2.75, 3.05) is 0 Å². The number of nitrogens with one attached hydrogen (secondary N) is 1. The fourth-order valence-electron chi connectivity index (χ4n) is 3.47. The Kier molecular flexibility index (Phi) is 4.84. The van der Waals surface area contributed by atoms with Gasteiger partial charge in [-0.2, -0.15) is 0 Å². The number of pyridine rings is 1. The second kappa shape index (κ2) is 7.46. The molecule has 0 aliphatic carbocycles. The van der Waals surface area contributed by atoms with Gasteiger partial charge in [0.1, 0.15) is 12.4 Å². The largest absolute Gasteiger partial charge is 0.348 e. The van der Waals surface area contributed by atoms with Gasteiger partial charge in [0.2, 0.25) is 11.6 Å². The molecule has 0 saturated carbocycles. The smallest absolute Gasteiger partial charge is 0.297 e. The SMILES string of the molecule is CCc1ccc([C@@H](C)NC(=O)Cn2c(=O)c3nnc(C)n3c3ncccc32)cc1. The summed E-state index contributed by atoms with van der Waals surface area (Å²) in [6.45, 7) is 5.66. The van der Waals surface area contributed by atoms with Gasteiger partial charge in [-0.15, -0.1) is 10.2 Å². The number of hydrogen-bond acceptors (Lipinski definition) is 5. The second-order valence-electron chi connectivity index (χ2n) is 7.03. The van der Waals surface area contributed by atoms with Crippen LogP contribution in [0.3, 0.4) is 0 Å². The van der Waals surface area contributed by atoms with E-state index in [9.17, 15) is 9.59 Å². The summed E-state index contributed by atoms with van der Waals surface area (Å²) >= 11 is 0. The number of fused-ring (bicyclic) bond motifs is 3. The fraction of sp³-hybridized carbons (Fsp3) is 0.286. The first-order valence-corrected chi connectivity index (χ1v) is 9.57. The van der Waals surface area contributed by atoms with E-state index < -0.39 is 0 Å². The number of carbonyl (C=O) groups excluding carboxylic acids is 1. The van der Waals surface area contributed by atoms with Gasteiger partial charge in [0, 0.05) is 6.20 Å². The summed E-state index contributed by atoms with van der Waals surface area (Å²) in [6, 6.07) is 11.5. The van der Waals surface area contributed by atoms with Crippen molar-refractivity contribution in [3.8, 4) is 0 Å². The van der Waals surface area contributed by atoms with Crippen LogP contribution in [0.2, 0.25) is 0 Å². The normalized spacial score (nSPS) is 12.4. The van der Waals surface area contributed by atoms with Crippen molar-refractivity contribution in [3.05, 3.63) is 69.9 Å². The Morgan fingerprint density at radius 2 is 1.90 bits per heavy atom. The van der Waals surface area contributed by atoms with E-state index in [2.05, 4.69) is 39.6 Å². The molecule has 3 heterocycles. The third kappa shape index (κ3) is 3.37. The fourth-order valence-corrected chi connectivity index (χ4v) is 3.47. The van der Waals surface area contributed by atoms with Crippen LogP contribution in [0, 0.1) is 6.92 Å². The predicted molar refractivity (Wildman–Crippen MR) is 110 cm³/mol. The lowest BCUT2D eigenvalue weighted by atomic mass is 10.1. The van der Waals surface area contributed by atoms with E-state index in [0.717, 1.165) is 12.0 Å². The van der Waals surface area contributed by atoms with Crippen molar-refractivity contribution in [3.63, 3.8) is 0 Å². The van der Waals surface area contributed by atoms with Gasteiger partial charge >= 0.3 is 0 Å². The van der Waals surface area contributed by atoms with Crippen LogP contribution in [0.25, 0.3) is 16.8 Å². The van der Waals surface area contributed by atoms with E-state index in [4.69, 9.17) is 0 Å². The number of nitrogens with zero attached hydrogens (tertiary/aromatic N) is 5. The number of aryl methyl sites for hydroxylation is 2. The Balaban J connectivity index is 1.65. The van der Waals surface area contributed by atoms with Crippen molar-refractivity contribution in [2.24, 2.45) is 0 Å². The molecule has 8 nitrogen and oxygen atoms in total. The molecule has 0 aliphatic rings. The Hall–Kier alpha value is -3.55. The maximum absolute atomic E-state index is 12.9. The van der Waals surface area contributed by atoms with Gasteiger partial charge in [-0.3, -0.25) is 18.6 Å². The molecular formula is C21H22N6O2. The molecule has 1 atom stereocenters. The van der Waals surface area contributed by atoms with Crippen LogP contribution in [-0.4, -0.2) is 30.1 Å². The zero-order chi connectivity index (χ0) is 20.5. The lowest BCUT2D eigenvalue weighted by molar-refractivity contribution is -0.122. The van der Waals surface area contributed by atoms with E-state index in [1.165, 1.54) is 10.1 Å². The summed E-state index contributed by atoms with van der Waals surface area (Å²) in [5, 5.41) is 10.9. The molecule has 0 bridgehead atoms. The van der Waals surface area contributed by atoms with Crippen LogP contribution in [0.1, 0.15) is 36.8 Å². The molecule has 148 valence electrons. The molecule has 1 N–H and O–H groups in total. The number of hydrogen-bond donors (Lipinski definition) is 1. The van der Waals surface area contributed by atoms with Gasteiger partial charge in [-0.1, -0.05) is 31.2 Å². The van der Waals surface area contributed by atoms with E-state index in [1.807, 2.05) is 19.1 Å². The third-order valence-corrected chi connectivity index (χ3v) is 5.10. The molecule has 0 unspecified atom stereocenters. The summed E-state index contributed by atoms with van der Waals surface area (Å²) in [7, 11) is 0. The summed E-state index contributed by atoms with van der Waals surface area (Å²) in [4.78, 5) is 30.0. The van der Waals surface area contributed by atoms with Crippen molar-refractivity contribution in [1.29, 1.82) is 0 Å². The molecule has 8 heteroatoms. The van der Waals surface area contributed by atoms with Gasteiger partial charge in [0.25, 0.3) is 5.56 Å².